The Morgan fingerprint density at radius 1 is 1.08 bits per heavy atom. The van der Waals surface area contributed by atoms with Crippen LogP contribution >= 0.6 is 0 Å². The van der Waals surface area contributed by atoms with E-state index in [9.17, 15) is 8.42 Å². The molecule has 0 spiro atoms. The summed E-state index contributed by atoms with van der Waals surface area (Å²) in [6.45, 7) is 14.3. The average molecular weight is 547 g/mol. The first-order chi connectivity index (χ1) is 16.5. The second-order valence-corrected chi connectivity index (χ2v) is 17.9. The number of methoxy groups -OCH3 is 1. The summed E-state index contributed by atoms with van der Waals surface area (Å²) in [7, 11) is -4.63. The van der Waals surface area contributed by atoms with Crippen molar-refractivity contribution in [3.8, 4) is 0 Å². The van der Waals surface area contributed by atoms with Crippen molar-refractivity contribution in [2.24, 2.45) is 0 Å². The van der Waals surface area contributed by atoms with Crippen LogP contribution in [0, 0.1) is 0 Å². The maximum Gasteiger partial charge on any atom is 0.264 e. The molecule has 206 valence electrons. The molecule has 0 aromatic heterocycles. The van der Waals surface area contributed by atoms with Gasteiger partial charge in [-0.25, -0.2) is 0 Å². The number of fused-ring (bicyclic) bond motifs is 1. The van der Waals surface area contributed by atoms with Crippen molar-refractivity contribution in [3.63, 3.8) is 0 Å². The lowest BCUT2D eigenvalue weighted by Crippen LogP contribution is -2.61. The maximum absolute atomic E-state index is 12.4. The molecule has 2 heterocycles. The number of hydrogen-bond acceptors (Lipinski definition) is 9. The quantitative estimate of drug-likeness (QED) is 0.303. The van der Waals surface area contributed by atoms with E-state index in [0.29, 0.717) is 6.61 Å². The van der Waals surface area contributed by atoms with Gasteiger partial charge in [0.2, 0.25) is 0 Å². The maximum atomic E-state index is 12.4. The van der Waals surface area contributed by atoms with Crippen LogP contribution in [0.25, 0.3) is 0 Å². The Morgan fingerprint density at radius 3 is 2.28 bits per heavy atom. The van der Waals surface area contributed by atoms with Gasteiger partial charge in [0, 0.05) is 7.11 Å². The topological polar surface area (TPSA) is 98.8 Å². The minimum atomic E-state index is -3.89. The summed E-state index contributed by atoms with van der Waals surface area (Å²) in [5, 5.41) is -0.0937. The first-order valence-electron chi connectivity index (χ1n) is 12.2. The molecule has 2 aliphatic heterocycles. The fraction of sp³-hybridized carbons (Fsp3) is 0.760. The van der Waals surface area contributed by atoms with Crippen molar-refractivity contribution in [3.05, 3.63) is 35.9 Å². The van der Waals surface area contributed by atoms with Crippen LogP contribution in [0.15, 0.2) is 30.3 Å². The van der Waals surface area contributed by atoms with Gasteiger partial charge in [-0.15, -0.1) is 0 Å². The largest absolute Gasteiger partial charge is 0.414 e. The fourth-order valence-electron chi connectivity index (χ4n) is 4.28. The van der Waals surface area contributed by atoms with E-state index in [1.54, 1.807) is 13.8 Å². The Bertz CT molecular complexity index is 977. The van der Waals surface area contributed by atoms with Crippen molar-refractivity contribution in [2.45, 2.75) is 95.3 Å². The Balaban J connectivity index is 1.96. The molecule has 1 unspecified atom stereocenters. The van der Waals surface area contributed by atoms with Gasteiger partial charge in [-0.3, -0.25) is 4.18 Å². The average Bonchev–Trinajstić information content (AvgIpc) is 3.18. The fourth-order valence-corrected chi connectivity index (χ4v) is 5.92. The predicted molar refractivity (Wildman–Crippen MR) is 137 cm³/mol. The van der Waals surface area contributed by atoms with Gasteiger partial charge in [-0.1, -0.05) is 51.1 Å². The van der Waals surface area contributed by atoms with Gasteiger partial charge in [-0.05, 0) is 37.5 Å². The van der Waals surface area contributed by atoms with E-state index in [1.165, 1.54) is 7.11 Å². The monoisotopic (exact) mass is 546 g/mol. The van der Waals surface area contributed by atoms with Crippen molar-refractivity contribution in [1.29, 1.82) is 0 Å². The van der Waals surface area contributed by atoms with Gasteiger partial charge in [0.25, 0.3) is 10.1 Å². The normalized spacial score (nSPS) is 29.3. The number of ether oxygens (including phenoxy) is 5. The van der Waals surface area contributed by atoms with Crippen LogP contribution in [0.4, 0.5) is 0 Å². The molecule has 3 rings (SSSR count). The van der Waals surface area contributed by atoms with Crippen LogP contribution in [-0.4, -0.2) is 79.3 Å². The van der Waals surface area contributed by atoms with E-state index >= 15 is 0 Å². The number of hydrogen-bond donors (Lipinski definition) is 0. The van der Waals surface area contributed by atoms with Gasteiger partial charge < -0.3 is 28.1 Å². The van der Waals surface area contributed by atoms with Crippen LogP contribution in [0.5, 0.6) is 0 Å². The summed E-state index contributed by atoms with van der Waals surface area (Å²) in [5.74, 6) is -0.881. The Labute approximate surface area is 216 Å². The summed E-state index contributed by atoms with van der Waals surface area (Å²) in [6, 6.07) is 9.68. The van der Waals surface area contributed by atoms with E-state index in [0.717, 1.165) is 11.8 Å². The third-order valence-corrected chi connectivity index (χ3v) is 12.2. The lowest BCUT2D eigenvalue weighted by Gasteiger charge is -2.43. The first-order valence-corrected chi connectivity index (χ1v) is 16.9. The SMILES string of the molecule is CO[C@H]1[C@H]2OC(C)(C)O[C@H]2O[C@@]1(COCc1ccccc1)C(CO[Si](C)(C)C(C)(C)C)OS(C)(=O)=O. The number of benzene rings is 1. The van der Waals surface area contributed by atoms with Crippen LogP contribution < -0.4 is 0 Å². The summed E-state index contributed by atoms with van der Waals surface area (Å²) in [4.78, 5) is 0. The minimum Gasteiger partial charge on any atom is -0.414 e. The molecule has 2 fully saturated rings. The van der Waals surface area contributed by atoms with Crippen molar-refractivity contribution >= 4 is 18.4 Å². The zero-order valence-electron chi connectivity index (χ0n) is 22.9. The minimum absolute atomic E-state index is 0.0262. The van der Waals surface area contributed by atoms with Crippen LogP contribution in [0.3, 0.4) is 0 Å². The molecular formula is C25H42O9SSi. The number of rotatable bonds is 11. The zero-order chi connectivity index (χ0) is 27.0. The van der Waals surface area contributed by atoms with Crippen molar-refractivity contribution < 1.29 is 40.7 Å². The third kappa shape index (κ3) is 6.75. The molecule has 0 aliphatic carbocycles. The van der Waals surface area contributed by atoms with E-state index < -0.39 is 54.4 Å². The molecule has 36 heavy (non-hydrogen) atoms. The van der Waals surface area contributed by atoms with Gasteiger partial charge >= 0.3 is 0 Å². The molecule has 9 nitrogen and oxygen atoms in total. The molecule has 0 saturated carbocycles. The highest BCUT2D eigenvalue weighted by molar-refractivity contribution is 7.86. The molecular weight excluding hydrogens is 504 g/mol. The Hall–Kier alpha value is -0.893. The van der Waals surface area contributed by atoms with Crippen LogP contribution in [0.1, 0.15) is 40.2 Å². The lowest BCUT2D eigenvalue weighted by atomic mass is 9.90. The highest BCUT2D eigenvalue weighted by Crippen LogP contribution is 2.47. The standard InChI is InChI=1S/C25H42O9SSi/c1-23(2,3)36(8,9)30-16-19(34-35(7,26)27)25(17-29-15-18-13-11-10-12-14-18)21(28-6)20-22(33-25)32-24(4,5)31-20/h10-14,19-22H,15-17H2,1-9H3/t19?,20-,21+,22+,25+/m1/s1. The van der Waals surface area contributed by atoms with Gasteiger partial charge in [0.05, 0.1) is 26.1 Å². The molecule has 0 amide bonds. The summed E-state index contributed by atoms with van der Waals surface area (Å²) in [6.07, 6.45) is -2.19. The highest BCUT2D eigenvalue weighted by Gasteiger charge is 2.66. The first kappa shape index (κ1) is 29.7. The summed E-state index contributed by atoms with van der Waals surface area (Å²) >= 11 is 0. The highest BCUT2D eigenvalue weighted by atomic mass is 32.2. The molecule has 11 heteroatoms. The molecule has 0 N–H and O–H groups in total. The smallest absolute Gasteiger partial charge is 0.264 e. The Morgan fingerprint density at radius 2 is 1.72 bits per heavy atom. The van der Waals surface area contributed by atoms with E-state index in [2.05, 4.69) is 33.9 Å². The second kappa shape index (κ2) is 10.7. The molecule has 0 radical (unpaired) electrons. The molecule has 2 saturated heterocycles. The third-order valence-electron chi connectivity index (χ3n) is 7.13. The van der Waals surface area contributed by atoms with Gasteiger partial charge in [0.1, 0.15) is 18.3 Å². The van der Waals surface area contributed by atoms with Gasteiger partial charge in [0.15, 0.2) is 26.0 Å². The molecule has 0 bridgehead atoms. The predicted octanol–water partition coefficient (Wildman–Crippen LogP) is 3.83. The van der Waals surface area contributed by atoms with Crippen molar-refractivity contribution in [1.82, 2.24) is 0 Å². The van der Waals surface area contributed by atoms with E-state index in [-0.39, 0.29) is 18.3 Å². The second-order valence-electron chi connectivity index (χ2n) is 11.5. The van der Waals surface area contributed by atoms with E-state index in [1.807, 2.05) is 30.3 Å². The van der Waals surface area contributed by atoms with Crippen molar-refractivity contribution in [2.75, 3.05) is 26.6 Å². The van der Waals surface area contributed by atoms with Crippen LogP contribution in [0.2, 0.25) is 18.1 Å². The molecule has 1 aromatic carbocycles. The molecule has 2 aliphatic rings. The van der Waals surface area contributed by atoms with Crippen LogP contribution in [-0.2, 0) is 49.0 Å². The lowest BCUT2D eigenvalue weighted by molar-refractivity contribution is -0.271. The van der Waals surface area contributed by atoms with E-state index in [4.69, 9.17) is 32.3 Å². The molecule has 1 aromatic rings. The van der Waals surface area contributed by atoms with Gasteiger partial charge in [-0.2, -0.15) is 8.42 Å². The Kier molecular flexibility index (Phi) is 8.82. The zero-order valence-corrected chi connectivity index (χ0v) is 24.7. The summed E-state index contributed by atoms with van der Waals surface area (Å²) in [5.41, 5.74) is -0.410. The summed E-state index contributed by atoms with van der Waals surface area (Å²) < 4.78 is 67.5. The molecule has 5 atom stereocenters.